The Morgan fingerprint density at radius 1 is 1.41 bits per heavy atom. The van der Waals surface area contributed by atoms with Gasteiger partial charge in [-0.3, -0.25) is 14.9 Å². The quantitative estimate of drug-likeness (QED) is 0.849. The number of anilines is 1. The summed E-state index contributed by atoms with van der Waals surface area (Å²) in [5.74, 6) is 0.611. The first kappa shape index (κ1) is 11.3. The summed E-state index contributed by atoms with van der Waals surface area (Å²) in [5, 5.41) is 9.58. The summed E-state index contributed by atoms with van der Waals surface area (Å²) >= 11 is 0. The van der Waals surface area contributed by atoms with E-state index in [9.17, 15) is 4.79 Å². The second-order valence-corrected chi connectivity index (χ2v) is 4.03. The highest BCUT2D eigenvalue weighted by Gasteiger charge is 2.10. The fourth-order valence-electron chi connectivity index (χ4n) is 1.37. The van der Waals surface area contributed by atoms with Gasteiger partial charge in [-0.05, 0) is 18.1 Å². The maximum Gasteiger partial charge on any atom is 0.275 e. The largest absolute Gasteiger partial charge is 0.304 e. The molecule has 0 saturated heterocycles. The van der Waals surface area contributed by atoms with E-state index in [0.29, 0.717) is 17.4 Å². The fraction of sp³-hybridized carbons (Fsp3) is 0.250. The molecule has 0 spiro atoms. The van der Waals surface area contributed by atoms with Gasteiger partial charge in [-0.25, -0.2) is 0 Å². The van der Waals surface area contributed by atoms with E-state index in [2.05, 4.69) is 34.3 Å². The van der Waals surface area contributed by atoms with Crippen LogP contribution in [-0.2, 0) is 0 Å². The lowest BCUT2D eigenvalue weighted by atomic mass is 10.1. The van der Waals surface area contributed by atoms with Gasteiger partial charge in [0.25, 0.3) is 5.91 Å². The fourth-order valence-corrected chi connectivity index (χ4v) is 1.37. The minimum atomic E-state index is -0.257. The summed E-state index contributed by atoms with van der Waals surface area (Å²) in [7, 11) is 0. The lowest BCUT2D eigenvalue weighted by molar-refractivity contribution is 0.102. The Hall–Kier alpha value is -2.17. The molecule has 0 fully saturated rings. The minimum Gasteiger partial charge on any atom is -0.304 e. The zero-order chi connectivity index (χ0) is 12.3. The molecule has 0 bridgehead atoms. The van der Waals surface area contributed by atoms with Gasteiger partial charge in [-0.15, -0.1) is 0 Å². The second-order valence-electron chi connectivity index (χ2n) is 4.03. The van der Waals surface area contributed by atoms with Crippen LogP contribution in [0.5, 0.6) is 0 Å². The first-order valence-corrected chi connectivity index (χ1v) is 5.44. The van der Waals surface area contributed by atoms with E-state index in [1.165, 1.54) is 0 Å². The summed E-state index contributed by atoms with van der Waals surface area (Å²) in [6.07, 6.45) is 1.58. The molecule has 2 N–H and O–H groups in total. The number of carbonyl (C=O) groups is 1. The first-order chi connectivity index (χ1) is 8.16. The van der Waals surface area contributed by atoms with Gasteiger partial charge in [-0.1, -0.05) is 19.9 Å². The normalized spacial score (nSPS) is 10.5. The number of nitrogens with one attached hydrogen (secondary N) is 2. The molecule has 17 heavy (non-hydrogen) atoms. The van der Waals surface area contributed by atoms with Crippen LogP contribution in [0.4, 0.5) is 5.82 Å². The Morgan fingerprint density at radius 3 is 2.82 bits per heavy atom. The Labute approximate surface area is 99.3 Å². The number of aromatic amines is 1. The number of aromatic nitrogens is 3. The topological polar surface area (TPSA) is 70.7 Å². The van der Waals surface area contributed by atoms with Crippen molar-refractivity contribution in [1.29, 1.82) is 0 Å². The zero-order valence-corrected chi connectivity index (χ0v) is 9.77. The van der Waals surface area contributed by atoms with Crippen LogP contribution in [-0.4, -0.2) is 21.1 Å². The smallest absolute Gasteiger partial charge is 0.275 e. The lowest BCUT2D eigenvalue weighted by Gasteiger charge is -2.00. The van der Waals surface area contributed by atoms with Gasteiger partial charge in [0, 0.05) is 18.0 Å². The number of hydrogen-bond donors (Lipinski definition) is 2. The minimum absolute atomic E-state index is 0.257. The summed E-state index contributed by atoms with van der Waals surface area (Å²) in [5.41, 5.74) is 1.36. The van der Waals surface area contributed by atoms with E-state index in [4.69, 9.17) is 0 Å². The molecule has 0 aliphatic rings. The second kappa shape index (κ2) is 4.78. The van der Waals surface area contributed by atoms with Crippen molar-refractivity contribution in [3.8, 4) is 0 Å². The van der Waals surface area contributed by atoms with Crippen molar-refractivity contribution in [3.05, 3.63) is 41.9 Å². The summed E-state index contributed by atoms with van der Waals surface area (Å²) in [6, 6.07) is 7.02. The van der Waals surface area contributed by atoms with Crippen LogP contribution >= 0.6 is 0 Å². The maximum atomic E-state index is 11.8. The van der Waals surface area contributed by atoms with Crippen molar-refractivity contribution in [1.82, 2.24) is 15.2 Å². The van der Waals surface area contributed by atoms with Gasteiger partial charge >= 0.3 is 0 Å². The molecule has 1 amide bonds. The van der Waals surface area contributed by atoms with Crippen molar-refractivity contribution >= 4 is 11.7 Å². The molecule has 2 aromatic rings. The third-order valence-corrected chi connectivity index (χ3v) is 2.36. The van der Waals surface area contributed by atoms with Crippen molar-refractivity contribution in [3.63, 3.8) is 0 Å². The first-order valence-electron chi connectivity index (χ1n) is 5.44. The summed E-state index contributed by atoms with van der Waals surface area (Å²) in [4.78, 5) is 15.7. The Kier molecular flexibility index (Phi) is 3.18. The average molecular weight is 230 g/mol. The van der Waals surface area contributed by atoms with Gasteiger partial charge < -0.3 is 5.32 Å². The Bertz CT molecular complexity index is 504. The zero-order valence-electron chi connectivity index (χ0n) is 9.77. The third-order valence-electron chi connectivity index (χ3n) is 2.36. The number of H-pyrrole nitrogens is 1. The highest BCUT2D eigenvalue weighted by molar-refractivity contribution is 6.02. The molecule has 0 aliphatic heterocycles. The molecular weight excluding hydrogens is 216 g/mol. The van der Waals surface area contributed by atoms with E-state index in [1.54, 1.807) is 24.4 Å². The van der Waals surface area contributed by atoms with Crippen LogP contribution in [0, 0.1) is 0 Å². The molecule has 2 heterocycles. The number of carbonyl (C=O) groups excluding carboxylic acids is 1. The molecule has 5 nitrogen and oxygen atoms in total. The number of hydrogen-bond acceptors (Lipinski definition) is 3. The molecule has 88 valence electrons. The van der Waals surface area contributed by atoms with Crippen LogP contribution in [0.3, 0.4) is 0 Å². The molecule has 2 rings (SSSR count). The van der Waals surface area contributed by atoms with Gasteiger partial charge in [0.1, 0.15) is 5.69 Å². The molecule has 2 aromatic heterocycles. The Morgan fingerprint density at radius 2 is 2.24 bits per heavy atom. The molecular formula is C12H14N4O. The van der Waals surface area contributed by atoms with Crippen molar-refractivity contribution in [2.45, 2.75) is 19.8 Å². The Balaban J connectivity index is 2.08. The molecule has 0 radical (unpaired) electrons. The third kappa shape index (κ3) is 2.69. The number of pyridine rings is 1. The lowest BCUT2D eigenvalue weighted by Crippen LogP contribution is -2.13. The molecule has 5 heteroatoms. The van der Waals surface area contributed by atoms with Crippen LogP contribution < -0.4 is 5.32 Å². The van der Waals surface area contributed by atoms with Gasteiger partial charge in [0.2, 0.25) is 0 Å². The van der Waals surface area contributed by atoms with Crippen LogP contribution in [0.15, 0.2) is 30.5 Å². The monoisotopic (exact) mass is 230 g/mol. The van der Waals surface area contributed by atoms with E-state index in [1.807, 2.05) is 6.07 Å². The van der Waals surface area contributed by atoms with Gasteiger partial charge in [-0.2, -0.15) is 5.10 Å². The van der Waals surface area contributed by atoms with E-state index < -0.39 is 0 Å². The molecule has 0 aliphatic carbocycles. The highest BCUT2D eigenvalue weighted by atomic mass is 16.1. The van der Waals surface area contributed by atoms with Gasteiger partial charge in [0.15, 0.2) is 5.82 Å². The van der Waals surface area contributed by atoms with E-state index >= 15 is 0 Å². The van der Waals surface area contributed by atoms with Crippen molar-refractivity contribution in [2.24, 2.45) is 0 Å². The predicted octanol–water partition coefficient (Wildman–Crippen LogP) is 2.18. The van der Waals surface area contributed by atoms with E-state index in [0.717, 1.165) is 5.69 Å². The number of nitrogens with zero attached hydrogens (tertiary/aromatic N) is 2. The van der Waals surface area contributed by atoms with Crippen LogP contribution in [0.2, 0.25) is 0 Å². The van der Waals surface area contributed by atoms with Crippen LogP contribution in [0.25, 0.3) is 0 Å². The van der Waals surface area contributed by atoms with E-state index in [-0.39, 0.29) is 5.91 Å². The molecule has 0 unspecified atom stereocenters. The van der Waals surface area contributed by atoms with Crippen LogP contribution in [0.1, 0.15) is 35.9 Å². The summed E-state index contributed by atoms with van der Waals surface area (Å²) < 4.78 is 0. The SMILES string of the molecule is CC(C)c1cc(NC(=O)c2ccccn2)n[nH]1. The average Bonchev–Trinajstić information content (AvgIpc) is 2.79. The number of amides is 1. The van der Waals surface area contributed by atoms with Gasteiger partial charge in [0.05, 0.1) is 0 Å². The van der Waals surface area contributed by atoms with Crippen molar-refractivity contribution < 1.29 is 4.79 Å². The standard InChI is InChI=1S/C12H14N4O/c1-8(2)10-7-11(16-15-10)14-12(17)9-5-3-4-6-13-9/h3-8H,1-2H3,(H2,14,15,16,17). The number of rotatable bonds is 3. The predicted molar refractivity (Wildman–Crippen MR) is 64.9 cm³/mol. The molecule has 0 saturated carbocycles. The van der Waals surface area contributed by atoms with Crippen molar-refractivity contribution in [2.75, 3.05) is 5.32 Å². The molecule has 0 atom stereocenters. The highest BCUT2D eigenvalue weighted by Crippen LogP contribution is 2.15. The maximum absolute atomic E-state index is 11.8. The summed E-state index contributed by atoms with van der Waals surface area (Å²) in [6.45, 7) is 4.11. The molecule has 0 aromatic carbocycles.